The lowest BCUT2D eigenvalue weighted by atomic mass is 9.79. The van der Waals surface area contributed by atoms with Gasteiger partial charge in [-0.1, -0.05) is 43.1 Å². The van der Waals surface area contributed by atoms with Gasteiger partial charge in [-0.2, -0.15) is 0 Å². The Morgan fingerprint density at radius 1 is 0.846 bits per heavy atom. The van der Waals surface area contributed by atoms with E-state index in [4.69, 9.17) is 4.74 Å². The summed E-state index contributed by atoms with van der Waals surface area (Å²) >= 11 is 0. The highest BCUT2D eigenvalue weighted by molar-refractivity contribution is 4.83. The Kier molecular flexibility index (Phi) is 13.1. The van der Waals surface area contributed by atoms with Gasteiger partial charge in [-0.3, -0.25) is 0 Å². The molecule has 1 nitrogen and oxygen atoms in total. The molecular weight excluding hydrogens is 160 g/mol. The molecule has 0 aliphatic heterocycles. The van der Waals surface area contributed by atoms with Crippen molar-refractivity contribution in [1.82, 2.24) is 0 Å². The van der Waals surface area contributed by atoms with Crippen LogP contribution in [-0.4, -0.2) is 12.2 Å². The first kappa shape index (κ1) is 23.1. The standard InChI is InChI=1S/C9H20O.3CH4/c1-7-10-9(5,6)8(2,3)4;;;/h7H2,1-6H3;3*1H4. The van der Waals surface area contributed by atoms with Crippen molar-refractivity contribution < 1.29 is 4.74 Å². The summed E-state index contributed by atoms with van der Waals surface area (Å²) in [5.41, 5.74) is 0.213. The highest BCUT2D eigenvalue weighted by Gasteiger charge is 2.32. The first-order valence-corrected chi connectivity index (χ1v) is 3.95. The lowest BCUT2D eigenvalue weighted by Gasteiger charge is -2.38. The van der Waals surface area contributed by atoms with Crippen LogP contribution in [0.3, 0.4) is 0 Å². The zero-order chi connectivity index (χ0) is 8.41. The van der Waals surface area contributed by atoms with Crippen LogP contribution in [0, 0.1) is 5.41 Å². The van der Waals surface area contributed by atoms with Gasteiger partial charge in [0, 0.05) is 6.61 Å². The Balaban J connectivity index is -0.000000135. The van der Waals surface area contributed by atoms with E-state index >= 15 is 0 Å². The molecule has 0 aliphatic carbocycles. The molecule has 0 saturated carbocycles. The predicted octanol–water partition coefficient (Wildman–Crippen LogP) is 4.76. The maximum atomic E-state index is 5.59. The summed E-state index contributed by atoms with van der Waals surface area (Å²) in [6, 6.07) is 0. The van der Waals surface area contributed by atoms with Crippen molar-refractivity contribution in [2.75, 3.05) is 6.61 Å². The fourth-order valence-corrected chi connectivity index (χ4v) is 0.577. The summed E-state index contributed by atoms with van der Waals surface area (Å²) in [5.74, 6) is 0. The molecule has 0 aliphatic rings. The molecule has 0 rings (SSSR count). The third-order valence-electron chi connectivity index (χ3n) is 2.31. The SMILES string of the molecule is C.C.C.CCOC(C)(C)C(C)(C)C. The second-order valence-corrected chi connectivity index (χ2v) is 4.19. The van der Waals surface area contributed by atoms with Gasteiger partial charge in [0.05, 0.1) is 5.60 Å². The molecular formula is C12H32O. The summed E-state index contributed by atoms with van der Waals surface area (Å²) in [6.07, 6.45) is 0. The molecule has 0 radical (unpaired) electrons. The Morgan fingerprint density at radius 2 is 1.15 bits per heavy atom. The zero-order valence-electron chi connectivity index (χ0n) is 8.12. The highest BCUT2D eigenvalue weighted by atomic mass is 16.5. The van der Waals surface area contributed by atoms with Crippen LogP contribution in [0.2, 0.25) is 0 Å². The molecule has 86 valence electrons. The summed E-state index contributed by atoms with van der Waals surface area (Å²) in [5, 5.41) is 0. The van der Waals surface area contributed by atoms with Crippen LogP contribution in [0.5, 0.6) is 0 Å². The molecule has 0 bridgehead atoms. The van der Waals surface area contributed by atoms with Crippen molar-refractivity contribution in [2.24, 2.45) is 5.41 Å². The van der Waals surface area contributed by atoms with Crippen molar-refractivity contribution in [2.45, 2.75) is 69.4 Å². The molecule has 0 aromatic heterocycles. The minimum absolute atomic E-state index is 0. The normalized spacial score (nSPS) is 10.6. The van der Waals surface area contributed by atoms with E-state index in [2.05, 4.69) is 34.6 Å². The van der Waals surface area contributed by atoms with Gasteiger partial charge < -0.3 is 4.74 Å². The number of ether oxygens (including phenoxy) is 1. The lowest BCUT2D eigenvalue weighted by molar-refractivity contribution is -0.0850. The van der Waals surface area contributed by atoms with Crippen molar-refractivity contribution in [3.8, 4) is 0 Å². The van der Waals surface area contributed by atoms with Crippen LogP contribution in [0.25, 0.3) is 0 Å². The third-order valence-corrected chi connectivity index (χ3v) is 2.31. The second-order valence-electron chi connectivity index (χ2n) is 4.19. The van der Waals surface area contributed by atoms with E-state index in [1.54, 1.807) is 0 Å². The van der Waals surface area contributed by atoms with Gasteiger partial charge in [0.25, 0.3) is 0 Å². The molecule has 0 saturated heterocycles. The fraction of sp³-hybridized carbons (Fsp3) is 1.00. The highest BCUT2D eigenvalue weighted by Crippen LogP contribution is 2.32. The van der Waals surface area contributed by atoms with E-state index in [0.717, 1.165) is 6.61 Å². The van der Waals surface area contributed by atoms with Crippen LogP contribution < -0.4 is 0 Å². The van der Waals surface area contributed by atoms with Crippen LogP contribution in [0.1, 0.15) is 63.8 Å². The van der Waals surface area contributed by atoms with Crippen molar-refractivity contribution in [1.29, 1.82) is 0 Å². The zero-order valence-corrected chi connectivity index (χ0v) is 8.12. The Hall–Kier alpha value is -0.0400. The summed E-state index contributed by atoms with van der Waals surface area (Å²) in [6.45, 7) is 13.7. The molecule has 0 aromatic rings. The van der Waals surface area contributed by atoms with E-state index in [0.29, 0.717) is 0 Å². The van der Waals surface area contributed by atoms with Gasteiger partial charge in [-0.05, 0) is 26.2 Å². The molecule has 0 atom stereocenters. The summed E-state index contributed by atoms with van der Waals surface area (Å²) in [4.78, 5) is 0. The topological polar surface area (TPSA) is 9.23 Å². The number of hydrogen-bond acceptors (Lipinski definition) is 1. The monoisotopic (exact) mass is 192 g/mol. The van der Waals surface area contributed by atoms with Crippen LogP contribution >= 0.6 is 0 Å². The fourth-order valence-electron chi connectivity index (χ4n) is 0.577. The number of hydrogen-bond donors (Lipinski definition) is 0. The van der Waals surface area contributed by atoms with E-state index in [9.17, 15) is 0 Å². The molecule has 0 heterocycles. The summed E-state index contributed by atoms with van der Waals surface area (Å²) in [7, 11) is 0. The molecule has 0 fully saturated rings. The summed E-state index contributed by atoms with van der Waals surface area (Å²) < 4.78 is 5.59. The van der Waals surface area contributed by atoms with Gasteiger partial charge in [-0.25, -0.2) is 0 Å². The van der Waals surface area contributed by atoms with Gasteiger partial charge >= 0.3 is 0 Å². The quantitative estimate of drug-likeness (QED) is 0.613. The predicted molar refractivity (Wildman–Crippen MR) is 65.4 cm³/mol. The van der Waals surface area contributed by atoms with Crippen LogP contribution in [-0.2, 0) is 4.74 Å². The second kappa shape index (κ2) is 7.37. The van der Waals surface area contributed by atoms with Crippen molar-refractivity contribution >= 4 is 0 Å². The lowest BCUT2D eigenvalue weighted by Crippen LogP contribution is -2.39. The van der Waals surface area contributed by atoms with Crippen LogP contribution in [0.15, 0.2) is 0 Å². The first-order valence-electron chi connectivity index (χ1n) is 3.95. The smallest absolute Gasteiger partial charge is 0.0674 e. The molecule has 1 heteroatoms. The minimum atomic E-state index is -0.0122. The maximum absolute atomic E-state index is 5.59. The van der Waals surface area contributed by atoms with Crippen LogP contribution in [0.4, 0.5) is 0 Å². The first-order chi connectivity index (χ1) is 4.31. The molecule has 0 amide bonds. The molecule has 0 aromatic carbocycles. The van der Waals surface area contributed by atoms with Gasteiger partial charge in [0.2, 0.25) is 0 Å². The maximum Gasteiger partial charge on any atom is 0.0674 e. The van der Waals surface area contributed by atoms with Gasteiger partial charge in [-0.15, -0.1) is 0 Å². The Labute approximate surface area is 86.9 Å². The van der Waals surface area contributed by atoms with E-state index < -0.39 is 0 Å². The van der Waals surface area contributed by atoms with Gasteiger partial charge in [0.1, 0.15) is 0 Å². The molecule has 0 unspecified atom stereocenters. The van der Waals surface area contributed by atoms with Gasteiger partial charge in [0.15, 0.2) is 0 Å². The minimum Gasteiger partial charge on any atom is -0.375 e. The Bertz CT molecular complexity index is 98.2. The molecule has 13 heavy (non-hydrogen) atoms. The number of rotatable bonds is 2. The van der Waals surface area contributed by atoms with E-state index in [1.807, 2.05) is 6.92 Å². The van der Waals surface area contributed by atoms with Crippen molar-refractivity contribution in [3.05, 3.63) is 0 Å². The largest absolute Gasteiger partial charge is 0.375 e. The molecule has 0 spiro atoms. The van der Waals surface area contributed by atoms with E-state index in [1.165, 1.54) is 0 Å². The van der Waals surface area contributed by atoms with E-state index in [-0.39, 0.29) is 33.3 Å². The average molecular weight is 192 g/mol. The average Bonchev–Trinajstić information content (AvgIpc) is 1.61. The van der Waals surface area contributed by atoms with Crippen molar-refractivity contribution in [3.63, 3.8) is 0 Å². The third kappa shape index (κ3) is 7.06. The molecule has 0 N–H and O–H groups in total. The Morgan fingerprint density at radius 3 is 1.23 bits per heavy atom.